The highest BCUT2D eigenvalue weighted by molar-refractivity contribution is 8.13. The number of hydrogen-bond acceptors (Lipinski definition) is 4. The Morgan fingerprint density at radius 3 is 2.91 bits per heavy atom. The van der Waals surface area contributed by atoms with Gasteiger partial charge in [-0.3, -0.25) is 4.79 Å². The van der Waals surface area contributed by atoms with Crippen molar-refractivity contribution in [2.45, 2.75) is 13.8 Å². The Bertz CT molecular complexity index is 820. The Morgan fingerprint density at radius 2 is 2.30 bits per heavy atom. The van der Waals surface area contributed by atoms with E-state index in [-0.39, 0.29) is 11.0 Å². The van der Waals surface area contributed by atoms with Crippen molar-refractivity contribution in [1.29, 1.82) is 0 Å². The highest BCUT2D eigenvalue weighted by Crippen LogP contribution is 2.36. The van der Waals surface area contributed by atoms with Crippen LogP contribution < -0.4 is 5.73 Å². The van der Waals surface area contributed by atoms with Crippen molar-refractivity contribution in [3.05, 3.63) is 34.5 Å². The lowest BCUT2D eigenvalue weighted by atomic mass is 10.0. The maximum atomic E-state index is 12.2. The number of carbonyl (C=O) groups is 1. The zero-order chi connectivity index (χ0) is 17.0. The zero-order valence-electron chi connectivity index (χ0n) is 12.7. The first kappa shape index (κ1) is 17.1. The molecule has 2 aromatic rings. The van der Waals surface area contributed by atoms with Gasteiger partial charge in [0.15, 0.2) is 5.82 Å². The summed E-state index contributed by atoms with van der Waals surface area (Å²) in [6.45, 7) is 3.72. The largest absolute Gasteiger partial charge is 0.390 e. The van der Waals surface area contributed by atoms with Gasteiger partial charge in [-0.25, -0.2) is 4.99 Å². The van der Waals surface area contributed by atoms with Crippen LogP contribution in [0.25, 0.3) is 11.1 Å². The van der Waals surface area contributed by atoms with Gasteiger partial charge in [0.2, 0.25) is 0 Å². The third-order valence-electron chi connectivity index (χ3n) is 3.15. The molecule has 7 heteroatoms. The van der Waals surface area contributed by atoms with Gasteiger partial charge in [0, 0.05) is 10.6 Å². The SMILES string of the molecule is C#CCSC(=O)n1nc(C)c(-c2ccc(C)c(Cl)c2)c1/N=C\N. The zero-order valence-corrected chi connectivity index (χ0v) is 14.3. The van der Waals surface area contributed by atoms with Crippen LogP contribution in [0.2, 0.25) is 5.02 Å². The summed E-state index contributed by atoms with van der Waals surface area (Å²) in [5.74, 6) is 3.03. The number of aromatic nitrogens is 2. The van der Waals surface area contributed by atoms with Crippen molar-refractivity contribution in [1.82, 2.24) is 9.78 Å². The first-order chi connectivity index (χ1) is 11.0. The van der Waals surface area contributed by atoms with Crippen molar-refractivity contribution in [3.8, 4) is 23.5 Å². The lowest BCUT2D eigenvalue weighted by Crippen LogP contribution is -2.08. The van der Waals surface area contributed by atoms with Crippen molar-refractivity contribution < 1.29 is 4.79 Å². The second-order valence-corrected chi connectivity index (χ2v) is 6.03. The van der Waals surface area contributed by atoms with Crippen LogP contribution in [-0.4, -0.2) is 27.1 Å². The Balaban J connectivity index is 2.59. The Hall–Kier alpha value is -2.23. The monoisotopic (exact) mass is 346 g/mol. The molecule has 0 fully saturated rings. The van der Waals surface area contributed by atoms with Crippen LogP contribution in [0, 0.1) is 26.2 Å². The van der Waals surface area contributed by atoms with E-state index in [2.05, 4.69) is 16.0 Å². The maximum Gasteiger partial charge on any atom is 0.308 e. The van der Waals surface area contributed by atoms with Crippen molar-refractivity contribution in [3.63, 3.8) is 0 Å². The molecule has 0 saturated heterocycles. The van der Waals surface area contributed by atoms with Crippen LogP contribution >= 0.6 is 23.4 Å². The normalized spacial score (nSPS) is 10.9. The fourth-order valence-electron chi connectivity index (χ4n) is 2.08. The van der Waals surface area contributed by atoms with E-state index in [4.69, 9.17) is 23.8 Å². The Kier molecular flexibility index (Phi) is 5.48. The summed E-state index contributed by atoms with van der Waals surface area (Å²) in [5.41, 5.74) is 8.58. The molecule has 2 N–H and O–H groups in total. The fourth-order valence-corrected chi connectivity index (χ4v) is 2.72. The molecule has 0 spiro atoms. The molecule has 1 aromatic heterocycles. The van der Waals surface area contributed by atoms with E-state index in [0.717, 1.165) is 29.2 Å². The number of terminal acetylenes is 1. The first-order valence-corrected chi connectivity index (χ1v) is 8.07. The highest BCUT2D eigenvalue weighted by Gasteiger charge is 2.21. The average Bonchev–Trinajstić information content (AvgIpc) is 2.85. The highest BCUT2D eigenvalue weighted by atomic mass is 35.5. The van der Waals surface area contributed by atoms with Crippen LogP contribution in [0.15, 0.2) is 23.2 Å². The van der Waals surface area contributed by atoms with Crippen molar-refractivity contribution in [2.24, 2.45) is 10.7 Å². The van der Waals surface area contributed by atoms with Gasteiger partial charge < -0.3 is 5.73 Å². The van der Waals surface area contributed by atoms with E-state index in [0.29, 0.717) is 22.1 Å². The van der Waals surface area contributed by atoms with E-state index in [1.807, 2.05) is 25.1 Å². The predicted octanol–water partition coefficient (Wildman–Crippen LogP) is 3.77. The summed E-state index contributed by atoms with van der Waals surface area (Å²) >= 11 is 7.18. The average molecular weight is 347 g/mol. The number of aliphatic imine (C=N–C) groups is 1. The number of benzene rings is 1. The summed E-state index contributed by atoms with van der Waals surface area (Å²) in [6, 6.07) is 5.63. The van der Waals surface area contributed by atoms with Crippen molar-refractivity contribution >= 4 is 40.8 Å². The molecule has 0 saturated carbocycles. The van der Waals surface area contributed by atoms with Crippen molar-refractivity contribution in [2.75, 3.05) is 5.75 Å². The Labute approximate surface area is 143 Å². The topological polar surface area (TPSA) is 73.3 Å². The van der Waals surface area contributed by atoms with E-state index in [9.17, 15) is 4.79 Å². The summed E-state index contributed by atoms with van der Waals surface area (Å²) < 4.78 is 1.21. The number of nitrogens with two attached hydrogens (primary N) is 1. The molecule has 0 aliphatic carbocycles. The lowest BCUT2D eigenvalue weighted by Gasteiger charge is -2.05. The minimum Gasteiger partial charge on any atom is -0.390 e. The van der Waals surface area contributed by atoms with Gasteiger partial charge >= 0.3 is 5.24 Å². The number of aryl methyl sites for hydroxylation is 2. The van der Waals surface area contributed by atoms with Gasteiger partial charge in [-0.2, -0.15) is 9.78 Å². The first-order valence-electron chi connectivity index (χ1n) is 6.70. The van der Waals surface area contributed by atoms with E-state index < -0.39 is 0 Å². The quantitative estimate of drug-likeness (QED) is 0.521. The molecule has 0 bridgehead atoms. The van der Waals surface area contributed by atoms with Crippen LogP contribution in [0.5, 0.6) is 0 Å². The fraction of sp³-hybridized carbons (Fsp3) is 0.188. The van der Waals surface area contributed by atoms with Crippen LogP contribution in [0.1, 0.15) is 11.3 Å². The van der Waals surface area contributed by atoms with E-state index >= 15 is 0 Å². The molecule has 0 amide bonds. The smallest absolute Gasteiger partial charge is 0.308 e. The summed E-state index contributed by atoms with van der Waals surface area (Å²) in [4.78, 5) is 16.4. The van der Waals surface area contributed by atoms with Crippen LogP contribution in [-0.2, 0) is 0 Å². The number of carbonyl (C=O) groups excluding carboxylic acids is 1. The molecular weight excluding hydrogens is 332 g/mol. The molecule has 0 aliphatic heterocycles. The Morgan fingerprint density at radius 1 is 1.57 bits per heavy atom. The maximum absolute atomic E-state index is 12.2. The molecule has 5 nitrogen and oxygen atoms in total. The van der Waals surface area contributed by atoms with Crippen LogP contribution in [0.3, 0.4) is 0 Å². The molecule has 0 atom stereocenters. The molecule has 2 rings (SSSR count). The minimum atomic E-state index is -0.309. The molecule has 118 valence electrons. The number of rotatable bonds is 3. The van der Waals surface area contributed by atoms with Gasteiger partial charge in [0.05, 0.1) is 17.8 Å². The second kappa shape index (κ2) is 7.36. The standard InChI is InChI=1S/C16H15ClN4OS/c1-4-7-23-16(22)21-15(19-9-18)14(11(3)20-21)12-6-5-10(2)13(17)8-12/h1,5-6,8-9H,7H2,2-3H3,(H2,18,19). The number of thioether (sulfide) groups is 1. The van der Waals surface area contributed by atoms with E-state index in [1.54, 1.807) is 6.92 Å². The summed E-state index contributed by atoms with van der Waals surface area (Å²) in [5, 5.41) is 4.60. The molecule has 0 aliphatic rings. The molecule has 23 heavy (non-hydrogen) atoms. The van der Waals surface area contributed by atoms with Gasteiger partial charge in [-0.1, -0.05) is 29.7 Å². The molecular formula is C16H15ClN4OS. The van der Waals surface area contributed by atoms with Gasteiger partial charge in [0.25, 0.3) is 0 Å². The second-order valence-electron chi connectivity index (χ2n) is 4.70. The number of halogens is 1. The predicted molar refractivity (Wildman–Crippen MR) is 96.6 cm³/mol. The lowest BCUT2D eigenvalue weighted by molar-refractivity contribution is 0.260. The third kappa shape index (κ3) is 3.58. The van der Waals surface area contributed by atoms with Gasteiger partial charge in [-0.15, -0.1) is 6.42 Å². The van der Waals surface area contributed by atoms with Gasteiger partial charge in [-0.05, 0) is 42.8 Å². The molecule has 1 aromatic carbocycles. The van der Waals surface area contributed by atoms with Gasteiger partial charge in [0.1, 0.15) is 0 Å². The number of nitrogens with zero attached hydrogens (tertiary/aromatic N) is 3. The summed E-state index contributed by atoms with van der Waals surface area (Å²) in [6.07, 6.45) is 6.32. The minimum absolute atomic E-state index is 0.259. The number of hydrogen-bond donors (Lipinski definition) is 1. The third-order valence-corrected chi connectivity index (χ3v) is 4.28. The summed E-state index contributed by atoms with van der Waals surface area (Å²) in [7, 11) is 0. The molecule has 0 unspecified atom stereocenters. The van der Waals surface area contributed by atoms with Crippen LogP contribution in [0.4, 0.5) is 10.6 Å². The van der Waals surface area contributed by atoms with E-state index in [1.165, 1.54) is 4.68 Å². The molecule has 1 heterocycles. The molecule has 0 radical (unpaired) electrons.